The van der Waals surface area contributed by atoms with Crippen LogP contribution in [0.25, 0.3) is 0 Å². The molecule has 21 heavy (non-hydrogen) atoms. The summed E-state index contributed by atoms with van der Waals surface area (Å²) in [6.07, 6.45) is 3.34. The minimum atomic E-state index is -0.273. The van der Waals surface area contributed by atoms with Crippen molar-refractivity contribution in [1.29, 1.82) is 0 Å². The van der Waals surface area contributed by atoms with Crippen molar-refractivity contribution in [2.45, 2.75) is 52.1 Å². The molecule has 5 heteroatoms. The van der Waals surface area contributed by atoms with Crippen LogP contribution in [0.2, 0.25) is 0 Å². The van der Waals surface area contributed by atoms with Gasteiger partial charge in [0.25, 0.3) is 5.91 Å². The maximum absolute atomic E-state index is 12.2. The lowest BCUT2D eigenvalue weighted by atomic mass is 9.98. The number of carbonyl (C=O) groups excluding carboxylic acids is 1. The van der Waals surface area contributed by atoms with Gasteiger partial charge in [-0.05, 0) is 40.5 Å². The smallest absolute Gasteiger partial charge is 0.256 e. The van der Waals surface area contributed by atoms with Gasteiger partial charge in [0.15, 0.2) is 5.43 Å². The molecule has 0 radical (unpaired) electrons. The van der Waals surface area contributed by atoms with E-state index >= 15 is 0 Å². The number of hydrogen-bond acceptors (Lipinski definition) is 3. The van der Waals surface area contributed by atoms with Crippen molar-refractivity contribution in [1.82, 2.24) is 15.2 Å². The van der Waals surface area contributed by atoms with Crippen molar-refractivity contribution in [3.8, 4) is 0 Å². The molecule has 0 spiro atoms. The Kier molecular flexibility index (Phi) is 4.52. The highest BCUT2D eigenvalue weighted by atomic mass is 16.2. The fourth-order valence-corrected chi connectivity index (χ4v) is 2.71. The Hall–Kier alpha value is -1.62. The van der Waals surface area contributed by atoms with Gasteiger partial charge in [-0.15, -0.1) is 0 Å². The molecule has 1 fully saturated rings. The van der Waals surface area contributed by atoms with Gasteiger partial charge in [0.05, 0.1) is 0 Å². The SMILES string of the molecule is Cc1cc(=O)c(C(=O)NC2CCN(C(C)(C)C)CC2)c[nH]1. The molecule has 0 saturated carbocycles. The van der Waals surface area contributed by atoms with Crippen LogP contribution in [0, 0.1) is 6.92 Å². The summed E-state index contributed by atoms with van der Waals surface area (Å²) in [5.41, 5.74) is 0.896. The van der Waals surface area contributed by atoms with E-state index in [0.29, 0.717) is 0 Å². The van der Waals surface area contributed by atoms with Crippen LogP contribution in [-0.2, 0) is 0 Å². The van der Waals surface area contributed by atoms with Crippen LogP contribution in [0.3, 0.4) is 0 Å². The summed E-state index contributed by atoms with van der Waals surface area (Å²) in [5, 5.41) is 2.98. The van der Waals surface area contributed by atoms with Crippen LogP contribution in [0.15, 0.2) is 17.1 Å². The van der Waals surface area contributed by atoms with E-state index in [1.54, 1.807) is 6.92 Å². The second-order valence-electron chi connectivity index (χ2n) is 6.80. The molecule has 1 saturated heterocycles. The Bertz CT molecular complexity index is 564. The van der Waals surface area contributed by atoms with Crippen LogP contribution >= 0.6 is 0 Å². The number of nitrogens with one attached hydrogen (secondary N) is 2. The number of aromatic nitrogens is 1. The van der Waals surface area contributed by atoms with Gasteiger partial charge in [-0.1, -0.05) is 0 Å². The quantitative estimate of drug-likeness (QED) is 0.871. The number of hydrogen-bond donors (Lipinski definition) is 2. The first kappa shape index (κ1) is 15.8. The fraction of sp³-hybridized carbons (Fsp3) is 0.625. The molecule has 1 aromatic heterocycles. The number of piperidine rings is 1. The molecule has 116 valence electrons. The van der Waals surface area contributed by atoms with Crippen LogP contribution < -0.4 is 10.7 Å². The summed E-state index contributed by atoms with van der Waals surface area (Å²) in [6, 6.07) is 1.61. The number of nitrogens with zero attached hydrogens (tertiary/aromatic N) is 1. The molecule has 1 amide bonds. The number of aromatic amines is 1. The molecule has 2 N–H and O–H groups in total. The minimum Gasteiger partial charge on any atom is -0.364 e. The minimum absolute atomic E-state index is 0.150. The van der Waals surface area contributed by atoms with Crippen molar-refractivity contribution >= 4 is 5.91 Å². The van der Waals surface area contributed by atoms with Gasteiger partial charge in [-0.2, -0.15) is 0 Å². The third-order valence-corrected chi connectivity index (χ3v) is 4.08. The Morgan fingerprint density at radius 2 is 1.95 bits per heavy atom. The first-order valence-electron chi connectivity index (χ1n) is 7.52. The number of amides is 1. The van der Waals surface area contributed by atoms with Crippen molar-refractivity contribution < 1.29 is 4.79 Å². The van der Waals surface area contributed by atoms with E-state index in [1.165, 1.54) is 12.3 Å². The number of aryl methyl sites for hydroxylation is 1. The van der Waals surface area contributed by atoms with E-state index in [4.69, 9.17) is 0 Å². The van der Waals surface area contributed by atoms with Gasteiger partial charge in [-0.25, -0.2) is 0 Å². The highest BCUT2D eigenvalue weighted by Crippen LogP contribution is 2.20. The van der Waals surface area contributed by atoms with Crippen LogP contribution in [0.4, 0.5) is 0 Å². The molecule has 0 aliphatic carbocycles. The molecule has 5 nitrogen and oxygen atoms in total. The second-order valence-corrected chi connectivity index (χ2v) is 6.80. The fourth-order valence-electron chi connectivity index (χ4n) is 2.71. The van der Waals surface area contributed by atoms with Gasteiger partial charge in [-0.3, -0.25) is 14.5 Å². The zero-order valence-electron chi connectivity index (χ0n) is 13.3. The Labute approximate surface area is 125 Å². The molecule has 0 bridgehead atoms. The maximum atomic E-state index is 12.2. The third kappa shape index (κ3) is 3.94. The van der Waals surface area contributed by atoms with E-state index in [9.17, 15) is 9.59 Å². The summed E-state index contributed by atoms with van der Waals surface area (Å²) < 4.78 is 0. The van der Waals surface area contributed by atoms with Gasteiger partial charge in [0.1, 0.15) is 5.56 Å². The van der Waals surface area contributed by atoms with Crippen LogP contribution in [-0.4, -0.2) is 40.5 Å². The first-order valence-corrected chi connectivity index (χ1v) is 7.52. The average Bonchev–Trinajstić information content (AvgIpc) is 2.38. The standard InChI is InChI=1S/C16H25N3O2/c1-11-9-14(20)13(10-17-11)15(21)18-12-5-7-19(8-6-12)16(2,3)4/h9-10,12H,5-8H2,1-4H3,(H,17,20)(H,18,21). The molecule has 2 heterocycles. The number of likely N-dealkylation sites (tertiary alicyclic amines) is 1. The predicted molar refractivity (Wildman–Crippen MR) is 83.6 cm³/mol. The molecule has 1 aliphatic rings. The summed E-state index contributed by atoms with van der Waals surface area (Å²) in [5.74, 6) is -0.273. The highest BCUT2D eigenvalue weighted by molar-refractivity contribution is 5.93. The summed E-state index contributed by atoms with van der Waals surface area (Å²) in [6.45, 7) is 10.4. The lowest BCUT2D eigenvalue weighted by Crippen LogP contribution is -2.51. The average molecular weight is 291 g/mol. The molecule has 1 aromatic rings. The number of H-pyrrole nitrogens is 1. The van der Waals surface area contributed by atoms with E-state index in [0.717, 1.165) is 31.6 Å². The summed E-state index contributed by atoms with van der Waals surface area (Å²) in [7, 11) is 0. The molecular weight excluding hydrogens is 266 g/mol. The topological polar surface area (TPSA) is 65.2 Å². The lowest BCUT2D eigenvalue weighted by Gasteiger charge is -2.41. The Balaban J connectivity index is 1.94. The van der Waals surface area contributed by atoms with Crippen molar-refractivity contribution in [3.63, 3.8) is 0 Å². The number of rotatable bonds is 2. The number of pyridine rings is 1. The van der Waals surface area contributed by atoms with Crippen LogP contribution in [0.5, 0.6) is 0 Å². The molecule has 0 aromatic carbocycles. The van der Waals surface area contributed by atoms with Gasteiger partial charge < -0.3 is 10.3 Å². The van der Waals surface area contributed by atoms with Gasteiger partial charge >= 0.3 is 0 Å². The monoisotopic (exact) mass is 291 g/mol. The molecule has 0 unspecified atom stereocenters. The number of carbonyl (C=O) groups is 1. The largest absolute Gasteiger partial charge is 0.364 e. The van der Waals surface area contributed by atoms with E-state index in [2.05, 4.69) is 36.0 Å². The Morgan fingerprint density at radius 1 is 1.33 bits per heavy atom. The predicted octanol–water partition coefficient (Wildman–Crippen LogP) is 1.68. The Morgan fingerprint density at radius 3 is 2.48 bits per heavy atom. The van der Waals surface area contributed by atoms with Crippen LogP contribution in [0.1, 0.15) is 49.7 Å². The highest BCUT2D eigenvalue weighted by Gasteiger charge is 2.27. The second kappa shape index (κ2) is 6.02. The van der Waals surface area contributed by atoms with E-state index < -0.39 is 0 Å². The normalized spacial score (nSPS) is 17.7. The van der Waals surface area contributed by atoms with Crippen molar-refractivity contribution in [2.24, 2.45) is 0 Å². The molecule has 0 atom stereocenters. The first-order chi connectivity index (χ1) is 9.77. The zero-order chi connectivity index (χ0) is 15.6. The summed E-state index contributed by atoms with van der Waals surface area (Å²) >= 11 is 0. The maximum Gasteiger partial charge on any atom is 0.256 e. The van der Waals surface area contributed by atoms with E-state index in [-0.39, 0.29) is 28.5 Å². The van der Waals surface area contributed by atoms with Crippen molar-refractivity contribution in [2.75, 3.05) is 13.1 Å². The molecule has 2 rings (SSSR count). The van der Waals surface area contributed by atoms with Gasteiger partial charge in [0.2, 0.25) is 0 Å². The zero-order valence-corrected chi connectivity index (χ0v) is 13.3. The van der Waals surface area contributed by atoms with Crippen molar-refractivity contribution in [3.05, 3.63) is 33.7 Å². The van der Waals surface area contributed by atoms with Gasteiger partial charge in [0, 0.05) is 42.6 Å². The van der Waals surface area contributed by atoms with E-state index in [1.807, 2.05) is 0 Å². The lowest BCUT2D eigenvalue weighted by molar-refractivity contribution is 0.0811. The summed E-state index contributed by atoms with van der Waals surface area (Å²) in [4.78, 5) is 29.3. The molecular formula is C16H25N3O2. The molecule has 1 aliphatic heterocycles. The third-order valence-electron chi connectivity index (χ3n) is 4.08.